The van der Waals surface area contributed by atoms with Crippen molar-refractivity contribution >= 4 is 22.3 Å². The lowest BCUT2D eigenvalue weighted by molar-refractivity contribution is 0.317. The number of hydrogen-bond acceptors (Lipinski definition) is 4. The minimum Gasteiger partial charge on any atom is -0.494 e. The first-order valence-electron chi connectivity index (χ1n) is 8.15. The number of pyridine rings is 1. The molecule has 0 aliphatic carbocycles. The van der Waals surface area contributed by atoms with Crippen molar-refractivity contribution in [1.29, 1.82) is 0 Å². The molecule has 0 saturated heterocycles. The summed E-state index contributed by atoms with van der Waals surface area (Å²) in [6.45, 7) is 4.82. The van der Waals surface area contributed by atoms with Gasteiger partial charge in [0.15, 0.2) is 0 Å². The number of fused-ring (bicyclic) bond motifs is 1. The predicted octanol–water partition coefficient (Wildman–Crippen LogP) is 5.08. The van der Waals surface area contributed by atoms with Gasteiger partial charge in [-0.15, -0.1) is 0 Å². The number of benzene rings is 2. The highest BCUT2D eigenvalue weighted by Crippen LogP contribution is 2.32. The lowest BCUT2D eigenvalue weighted by Crippen LogP contribution is -1.97. The van der Waals surface area contributed by atoms with Crippen LogP contribution in [0.4, 0.5) is 11.4 Å². The third-order valence-electron chi connectivity index (χ3n) is 3.76. The summed E-state index contributed by atoms with van der Waals surface area (Å²) >= 11 is 0. The van der Waals surface area contributed by atoms with E-state index in [1.54, 1.807) is 7.11 Å². The normalized spacial score (nSPS) is 10.6. The van der Waals surface area contributed by atoms with E-state index >= 15 is 0 Å². The molecule has 2 aromatic carbocycles. The van der Waals surface area contributed by atoms with Crippen LogP contribution >= 0.6 is 0 Å². The summed E-state index contributed by atoms with van der Waals surface area (Å²) in [5.41, 5.74) is 3.83. The quantitative estimate of drug-likeness (QED) is 0.687. The molecule has 0 amide bonds. The fraction of sp³-hybridized carbons (Fsp3) is 0.250. The molecule has 0 saturated carbocycles. The van der Waals surface area contributed by atoms with E-state index < -0.39 is 0 Å². The second-order valence-corrected chi connectivity index (χ2v) is 5.67. The fourth-order valence-electron chi connectivity index (χ4n) is 2.63. The number of aromatic nitrogens is 1. The first kappa shape index (κ1) is 16.1. The SMILES string of the molecule is CCCOc1ccc(Nc2cc(C)nc3c(OC)cccc23)cc1. The summed E-state index contributed by atoms with van der Waals surface area (Å²) in [7, 11) is 1.67. The highest BCUT2D eigenvalue weighted by molar-refractivity contribution is 5.96. The lowest BCUT2D eigenvalue weighted by atomic mass is 10.1. The Bertz CT molecular complexity index is 829. The maximum atomic E-state index is 5.63. The summed E-state index contributed by atoms with van der Waals surface area (Å²) in [6, 6.07) is 16.0. The fourth-order valence-corrected chi connectivity index (χ4v) is 2.63. The molecule has 0 atom stereocenters. The molecule has 124 valence electrons. The van der Waals surface area contributed by atoms with E-state index in [1.165, 1.54) is 0 Å². The van der Waals surface area contributed by atoms with Crippen LogP contribution in [0.5, 0.6) is 11.5 Å². The Balaban J connectivity index is 1.92. The van der Waals surface area contributed by atoms with Crippen molar-refractivity contribution in [2.24, 2.45) is 0 Å². The van der Waals surface area contributed by atoms with E-state index in [0.29, 0.717) is 0 Å². The van der Waals surface area contributed by atoms with Crippen LogP contribution in [-0.4, -0.2) is 18.7 Å². The molecule has 0 fully saturated rings. The van der Waals surface area contributed by atoms with Gasteiger partial charge < -0.3 is 14.8 Å². The molecule has 1 N–H and O–H groups in total. The Morgan fingerprint density at radius 2 is 1.88 bits per heavy atom. The van der Waals surface area contributed by atoms with Crippen LogP contribution < -0.4 is 14.8 Å². The number of ether oxygens (including phenoxy) is 2. The highest BCUT2D eigenvalue weighted by atomic mass is 16.5. The number of nitrogens with one attached hydrogen (secondary N) is 1. The van der Waals surface area contributed by atoms with Crippen molar-refractivity contribution in [2.45, 2.75) is 20.3 Å². The van der Waals surface area contributed by atoms with E-state index in [2.05, 4.69) is 17.2 Å². The average Bonchev–Trinajstić information content (AvgIpc) is 2.60. The number of para-hydroxylation sites is 1. The van der Waals surface area contributed by atoms with Gasteiger partial charge in [-0.1, -0.05) is 19.1 Å². The molecule has 3 aromatic rings. The standard InChI is InChI=1S/C20H22N2O2/c1-4-12-24-16-10-8-15(9-11-16)22-18-13-14(2)21-20-17(18)6-5-7-19(20)23-3/h5-11,13H,4,12H2,1-3H3,(H,21,22). The minimum atomic E-state index is 0.737. The molecule has 24 heavy (non-hydrogen) atoms. The van der Waals surface area contributed by atoms with Crippen LogP contribution in [0, 0.1) is 6.92 Å². The zero-order chi connectivity index (χ0) is 16.9. The van der Waals surface area contributed by atoms with Gasteiger partial charge in [0.05, 0.1) is 13.7 Å². The molecule has 3 rings (SSSR count). The topological polar surface area (TPSA) is 43.4 Å². The Morgan fingerprint density at radius 1 is 1.08 bits per heavy atom. The van der Waals surface area contributed by atoms with E-state index in [-0.39, 0.29) is 0 Å². The zero-order valence-corrected chi connectivity index (χ0v) is 14.3. The van der Waals surface area contributed by atoms with Crippen LogP contribution in [0.1, 0.15) is 19.0 Å². The first-order chi connectivity index (χ1) is 11.7. The number of anilines is 2. The Labute approximate surface area is 142 Å². The van der Waals surface area contributed by atoms with Gasteiger partial charge in [0.1, 0.15) is 17.0 Å². The lowest BCUT2D eigenvalue weighted by Gasteiger charge is -2.13. The molecule has 0 unspecified atom stereocenters. The Morgan fingerprint density at radius 3 is 2.58 bits per heavy atom. The Hall–Kier alpha value is -2.75. The smallest absolute Gasteiger partial charge is 0.145 e. The van der Waals surface area contributed by atoms with Crippen molar-refractivity contribution in [3.05, 3.63) is 54.2 Å². The van der Waals surface area contributed by atoms with Gasteiger partial charge >= 0.3 is 0 Å². The summed E-state index contributed by atoms with van der Waals surface area (Å²) in [4.78, 5) is 4.61. The molecule has 0 spiro atoms. The third kappa shape index (κ3) is 3.43. The molecule has 0 aliphatic heterocycles. The third-order valence-corrected chi connectivity index (χ3v) is 3.76. The van der Waals surface area contributed by atoms with Crippen LogP contribution in [0.3, 0.4) is 0 Å². The molecule has 0 bridgehead atoms. The number of rotatable bonds is 6. The number of nitrogens with zero attached hydrogens (tertiary/aromatic N) is 1. The van der Waals surface area contributed by atoms with Crippen LogP contribution in [0.15, 0.2) is 48.5 Å². The van der Waals surface area contributed by atoms with Gasteiger partial charge in [0.25, 0.3) is 0 Å². The highest BCUT2D eigenvalue weighted by Gasteiger charge is 2.09. The number of methoxy groups -OCH3 is 1. The largest absolute Gasteiger partial charge is 0.494 e. The molecule has 0 radical (unpaired) electrons. The number of aryl methyl sites for hydroxylation is 1. The van der Waals surface area contributed by atoms with Gasteiger partial charge in [0.2, 0.25) is 0 Å². The van der Waals surface area contributed by atoms with Crippen molar-refractivity contribution < 1.29 is 9.47 Å². The molecular formula is C20H22N2O2. The molecular weight excluding hydrogens is 300 g/mol. The van der Waals surface area contributed by atoms with Crippen LogP contribution in [0.25, 0.3) is 10.9 Å². The zero-order valence-electron chi connectivity index (χ0n) is 14.3. The predicted molar refractivity (Wildman–Crippen MR) is 98.5 cm³/mol. The minimum absolute atomic E-state index is 0.737. The first-order valence-corrected chi connectivity index (χ1v) is 8.15. The van der Waals surface area contributed by atoms with Gasteiger partial charge in [-0.3, -0.25) is 0 Å². The Kier molecular flexibility index (Phi) is 4.85. The van der Waals surface area contributed by atoms with Gasteiger partial charge in [-0.2, -0.15) is 0 Å². The molecule has 1 heterocycles. The second-order valence-electron chi connectivity index (χ2n) is 5.67. The summed E-state index contributed by atoms with van der Waals surface area (Å²) in [5, 5.41) is 4.50. The second kappa shape index (κ2) is 7.21. The van der Waals surface area contributed by atoms with Crippen molar-refractivity contribution in [2.75, 3.05) is 19.0 Å². The van der Waals surface area contributed by atoms with E-state index in [1.807, 2.05) is 55.5 Å². The molecule has 4 heteroatoms. The molecule has 0 aliphatic rings. The monoisotopic (exact) mass is 322 g/mol. The van der Waals surface area contributed by atoms with Gasteiger partial charge in [-0.25, -0.2) is 4.98 Å². The number of hydrogen-bond donors (Lipinski definition) is 1. The van der Waals surface area contributed by atoms with E-state index in [0.717, 1.165) is 52.5 Å². The molecule has 1 aromatic heterocycles. The summed E-state index contributed by atoms with van der Waals surface area (Å²) in [6.07, 6.45) is 1.00. The average molecular weight is 322 g/mol. The van der Waals surface area contributed by atoms with Gasteiger partial charge in [0, 0.05) is 22.5 Å². The maximum Gasteiger partial charge on any atom is 0.145 e. The molecule has 4 nitrogen and oxygen atoms in total. The van der Waals surface area contributed by atoms with E-state index in [4.69, 9.17) is 9.47 Å². The summed E-state index contributed by atoms with van der Waals surface area (Å²) < 4.78 is 11.1. The van der Waals surface area contributed by atoms with Crippen molar-refractivity contribution in [3.8, 4) is 11.5 Å². The van der Waals surface area contributed by atoms with E-state index in [9.17, 15) is 0 Å². The van der Waals surface area contributed by atoms with Crippen LogP contribution in [-0.2, 0) is 0 Å². The van der Waals surface area contributed by atoms with Crippen molar-refractivity contribution in [3.63, 3.8) is 0 Å². The summed E-state index contributed by atoms with van der Waals surface area (Å²) in [5.74, 6) is 1.67. The van der Waals surface area contributed by atoms with Crippen LogP contribution in [0.2, 0.25) is 0 Å². The maximum absolute atomic E-state index is 5.63. The van der Waals surface area contributed by atoms with Gasteiger partial charge in [-0.05, 0) is 49.7 Å². The van der Waals surface area contributed by atoms with Crippen molar-refractivity contribution in [1.82, 2.24) is 4.98 Å².